The lowest BCUT2D eigenvalue weighted by Gasteiger charge is -2.37. The molecule has 0 aliphatic carbocycles. The SMILES string of the molecule is COCC(C)N(C)C(=O)N1CCCC(CCC(=O)O)C1. The topological polar surface area (TPSA) is 70.1 Å². The Kier molecular flexibility index (Phi) is 6.78. The summed E-state index contributed by atoms with van der Waals surface area (Å²) in [6.07, 6.45) is 2.79. The van der Waals surface area contributed by atoms with Crippen LogP contribution in [0.2, 0.25) is 0 Å². The van der Waals surface area contributed by atoms with Crippen molar-refractivity contribution in [2.75, 3.05) is 33.9 Å². The van der Waals surface area contributed by atoms with Gasteiger partial charge in [-0.2, -0.15) is 0 Å². The highest BCUT2D eigenvalue weighted by atomic mass is 16.5. The number of carboxylic acid groups (broad SMARTS) is 1. The second-order valence-corrected chi connectivity index (χ2v) is 5.58. The molecule has 0 bridgehead atoms. The molecule has 0 aromatic heterocycles. The van der Waals surface area contributed by atoms with Gasteiger partial charge in [0.05, 0.1) is 12.6 Å². The molecule has 2 amide bonds. The van der Waals surface area contributed by atoms with Crippen LogP contribution in [0.25, 0.3) is 0 Å². The first kappa shape index (κ1) is 16.8. The van der Waals surface area contributed by atoms with Crippen molar-refractivity contribution in [1.82, 2.24) is 9.80 Å². The first-order valence-electron chi connectivity index (χ1n) is 7.18. The summed E-state index contributed by atoms with van der Waals surface area (Å²) in [5.74, 6) is -0.464. The van der Waals surface area contributed by atoms with Crippen molar-refractivity contribution in [3.05, 3.63) is 0 Å². The Hall–Kier alpha value is -1.30. The van der Waals surface area contributed by atoms with E-state index in [2.05, 4.69) is 0 Å². The molecule has 6 nitrogen and oxygen atoms in total. The lowest BCUT2D eigenvalue weighted by Crippen LogP contribution is -2.49. The fourth-order valence-corrected chi connectivity index (χ4v) is 2.57. The Morgan fingerprint density at radius 3 is 2.80 bits per heavy atom. The molecule has 1 N–H and O–H groups in total. The molecule has 1 rings (SSSR count). The monoisotopic (exact) mass is 286 g/mol. The van der Waals surface area contributed by atoms with Crippen molar-refractivity contribution in [2.24, 2.45) is 5.92 Å². The lowest BCUT2D eigenvalue weighted by molar-refractivity contribution is -0.137. The number of ether oxygens (including phenoxy) is 1. The number of hydrogen-bond acceptors (Lipinski definition) is 3. The molecule has 1 fully saturated rings. The van der Waals surface area contributed by atoms with Gasteiger partial charge in [0.25, 0.3) is 0 Å². The van der Waals surface area contributed by atoms with Crippen molar-refractivity contribution >= 4 is 12.0 Å². The van der Waals surface area contributed by atoms with Crippen LogP contribution in [0.4, 0.5) is 4.79 Å². The molecule has 6 heteroatoms. The summed E-state index contributed by atoms with van der Waals surface area (Å²) in [6.45, 7) is 3.88. The van der Waals surface area contributed by atoms with E-state index in [1.807, 2.05) is 11.8 Å². The highest BCUT2D eigenvalue weighted by Gasteiger charge is 2.27. The van der Waals surface area contributed by atoms with Gasteiger partial charge in [-0.25, -0.2) is 4.79 Å². The van der Waals surface area contributed by atoms with Crippen molar-refractivity contribution in [3.63, 3.8) is 0 Å². The maximum Gasteiger partial charge on any atom is 0.320 e. The molecule has 0 aromatic rings. The second kappa shape index (κ2) is 8.09. The molecule has 0 radical (unpaired) electrons. The molecule has 2 atom stereocenters. The molecular formula is C14H26N2O4. The number of likely N-dealkylation sites (N-methyl/N-ethyl adjacent to an activating group) is 1. The number of urea groups is 1. The Morgan fingerprint density at radius 2 is 2.20 bits per heavy atom. The number of nitrogens with zero attached hydrogens (tertiary/aromatic N) is 2. The minimum atomic E-state index is -0.765. The summed E-state index contributed by atoms with van der Waals surface area (Å²) < 4.78 is 5.07. The number of carbonyl (C=O) groups excluding carboxylic acids is 1. The van der Waals surface area contributed by atoms with Gasteiger partial charge in [-0.3, -0.25) is 4.79 Å². The van der Waals surface area contributed by atoms with Crippen LogP contribution in [0.3, 0.4) is 0 Å². The Bertz CT molecular complexity index is 335. The molecule has 1 heterocycles. The number of carboxylic acids is 1. The van der Waals surface area contributed by atoms with E-state index in [1.54, 1.807) is 19.1 Å². The van der Waals surface area contributed by atoms with Gasteiger partial charge in [0.2, 0.25) is 0 Å². The minimum absolute atomic E-state index is 0.00887. The summed E-state index contributed by atoms with van der Waals surface area (Å²) >= 11 is 0. The van der Waals surface area contributed by atoms with E-state index in [9.17, 15) is 9.59 Å². The molecule has 0 spiro atoms. The summed E-state index contributed by atoms with van der Waals surface area (Å²) in [4.78, 5) is 26.5. The van der Waals surface area contributed by atoms with Crippen molar-refractivity contribution in [2.45, 2.75) is 38.6 Å². The van der Waals surface area contributed by atoms with Crippen LogP contribution in [0.15, 0.2) is 0 Å². The van der Waals surface area contributed by atoms with Gasteiger partial charge in [-0.05, 0) is 32.1 Å². The average Bonchev–Trinajstić information content (AvgIpc) is 2.44. The molecule has 1 saturated heterocycles. The smallest absolute Gasteiger partial charge is 0.320 e. The number of likely N-dealkylation sites (tertiary alicyclic amines) is 1. The average molecular weight is 286 g/mol. The molecule has 2 unspecified atom stereocenters. The third-order valence-electron chi connectivity index (χ3n) is 3.93. The van der Waals surface area contributed by atoms with Crippen LogP contribution in [0, 0.1) is 5.92 Å². The van der Waals surface area contributed by atoms with Crippen molar-refractivity contribution < 1.29 is 19.4 Å². The molecule has 0 saturated carbocycles. The third kappa shape index (κ3) is 5.00. The summed E-state index contributed by atoms with van der Waals surface area (Å²) in [5.41, 5.74) is 0. The van der Waals surface area contributed by atoms with E-state index < -0.39 is 5.97 Å². The highest BCUT2D eigenvalue weighted by Crippen LogP contribution is 2.22. The second-order valence-electron chi connectivity index (χ2n) is 5.58. The van der Waals surface area contributed by atoms with Crippen LogP contribution in [-0.2, 0) is 9.53 Å². The van der Waals surface area contributed by atoms with E-state index in [1.165, 1.54) is 0 Å². The van der Waals surface area contributed by atoms with Gasteiger partial charge in [-0.15, -0.1) is 0 Å². The number of aliphatic carboxylic acids is 1. The Morgan fingerprint density at radius 1 is 1.50 bits per heavy atom. The number of rotatable bonds is 6. The van der Waals surface area contributed by atoms with E-state index >= 15 is 0 Å². The first-order valence-corrected chi connectivity index (χ1v) is 7.18. The molecule has 20 heavy (non-hydrogen) atoms. The first-order chi connectivity index (χ1) is 9.45. The standard InChI is InChI=1S/C14H26N2O4/c1-11(10-20-3)15(2)14(19)16-8-4-5-12(9-16)6-7-13(17)18/h11-12H,4-10H2,1-3H3,(H,17,18). The fourth-order valence-electron chi connectivity index (χ4n) is 2.57. The van der Waals surface area contributed by atoms with Crippen LogP contribution in [0.5, 0.6) is 0 Å². The third-order valence-corrected chi connectivity index (χ3v) is 3.93. The molecular weight excluding hydrogens is 260 g/mol. The van der Waals surface area contributed by atoms with Gasteiger partial charge in [0, 0.05) is 33.7 Å². The quantitative estimate of drug-likeness (QED) is 0.806. The summed E-state index contributed by atoms with van der Waals surface area (Å²) in [5, 5.41) is 8.74. The van der Waals surface area contributed by atoms with Crippen LogP contribution in [0.1, 0.15) is 32.6 Å². The predicted octanol–water partition coefficient (Wildman–Crippen LogP) is 1.65. The van der Waals surface area contributed by atoms with Gasteiger partial charge in [0.15, 0.2) is 0 Å². The van der Waals surface area contributed by atoms with E-state index in [0.717, 1.165) is 19.4 Å². The van der Waals surface area contributed by atoms with Gasteiger partial charge in [0.1, 0.15) is 0 Å². The van der Waals surface area contributed by atoms with E-state index in [4.69, 9.17) is 9.84 Å². The normalized spacial score (nSPS) is 20.6. The van der Waals surface area contributed by atoms with E-state index in [-0.39, 0.29) is 18.5 Å². The minimum Gasteiger partial charge on any atom is -0.481 e. The maximum absolute atomic E-state index is 12.4. The van der Waals surface area contributed by atoms with Crippen molar-refractivity contribution in [3.8, 4) is 0 Å². The maximum atomic E-state index is 12.4. The molecule has 1 aliphatic heterocycles. The highest BCUT2D eigenvalue weighted by molar-refractivity contribution is 5.74. The van der Waals surface area contributed by atoms with Crippen molar-refractivity contribution in [1.29, 1.82) is 0 Å². The van der Waals surface area contributed by atoms with Crippen LogP contribution >= 0.6 is 0 Å². The van der Waals surface area contributed by atoms with Gasteiger partial charge in [-0.1, -0.05) is 0 Å². The predicted molar refractivity (Wildman–Crippen MR) is 75.7 cm³/mol. The van der Waals surface area contributed by atoms with Crippen LogP contribution < -0.4 is 0 Å². The lowest BCUT2D eigenvalue weighted by atomic mass is 9.93. The van der Waals surface area contributed by atoms with Gasteiger partial charge >= 0.3 is 12.0 Å². The van der Waals surface area contributed by atoms with E-state index in [0.29, 0.717) is 25.5 Å². The number of amides is 2. The zero-order chi connectivity index (χ0) is 15.1. The number of methoxy groups -OCH3 is 1. The zero-order valence-corrected chi connectivity index (χ0v) is 12.7. The van der Waals surface area contributed by atoms with Crippen LogP contribution in [-0.4, -0.2) is 66.8 Å². The molecule has 0 aromatic carbocycles. The number of piperidine rings is 1. The molecule has 116 valence electrons. The Balaban J connectivity index is 2.49. The fraction of sp³-hybridized carbons (Fsp3) is 0.857. The largest absolute Gasteiger partial charge is 0.481 e. The molecule has 1 aliphatic rings. The van der Waals surface area contributed by atoms with Gasteiger partial charge < -0.3 is 19.6 Å². The summed E-state index contributed by atoms with van der Waals surface area (Å²) in [6, 6.07) is 0.0430. The summed E-state index contributed by atoms with van der Waals surface area (Å²) in [7, 11) is 3.41. The zero-order valence-electron chi connectivity index (χ0n) is 12.7. The number of hydrogen-bond donors (Lipinski definition) is 1. The Labute approximate surface area is 120 Å². The number of carbonyl (C=O) groups is 2.